The molecule has 4 nitrogen and oxygen atoms in total. The van der Waals surface area contributed by atoms with E-state index in [1.54, 1.807) is 13.8 Å². The molecule has 154 valence electrons. The lowest BCUT2D eigenvalue weighted by Crippen LogP contribution is -2.11. The van der Waals surface area contributed by atoms with Crippen LogP contribution in [0.4, 0.5) is 0 Å². The maximum absolute atomic E-state index is 12.4. The summed E-state index contributed by atoms with van der Waals surface area (Å²) in [5.41, 5.74) is 1.75. The molecule has 0 aromatic heterocycles. The maximum atomic E-state index is 12.4. The van der Waals surface area contributed by atoms with Crippen LogP contribution in [0.25, 0.3) is 21.5 Å². The predicted molar refractivity (Wildman–Crippen MR) is 121 cm³/mol. The van der Waals surface area contributed by atoms with Gasteiger partial charge in [-0.25, -0.2) is 9.59 Å². The van der Waals surface area contributed by atoms with Gasteiger partial charge >= 0.3 is 11.9 Å². The average molecular weight is 402 g/mol. The molecule has 3 aromatic carbocycles. The summed E-state index contributed by atoms with van der Waals surface area (Å²) in [6.07, 6.45) is 3.04. The van der Waals surface area contributed by atoms with Gasteiger partial charge in [0.2, 0.25) is 0 Å². The van der Waals surface area contributed by atoms with E-state index in [-0.39, 0.29) is 0 Å². The van der Waals surface area contributed by atoms with Crippen LogP contribution in [0.1, 0.15) is 39.2 Å². The molecule has 4 heteroatoms. The Morgan fingerprint density at radius 1 is 0.800 bits per heavy atom. The highest BCUT2D eigenvalue weighted by Gasteiger charge is 2.21. The molecule has 3 aromatic rings. The van der Waals surface area contributed by atoms with Gasteiger partial charge in [-0.05, 0) is 38.3 Å². The number of aryl methyl sites for hydroxylation is 1. The van der Waals surface area contributed by atoms with Crippen molar-refractivity contribution in [2.75, 3.05) is 0 Å². The maximum Gasteiger partial charge on any atom is 0.338 e. The van der Waals surface area contributed by atoms with Gasteiger partial charge in [0.15, 0.2) is 0 Å². The standard InChI is InChI=1S/C26H26O4/c1-6-7-10-18-13-14-21-22(15-18)24(30-26(28)17(4)5)20-12-9-8-11-19(20)23(21)29-25(27)16(2)3/h8-9,11-15H,2,4,6-7,10H2,1,3,5H3. The van der Waals surface area contributed by atoms with Gasteiger partial charge in [0.05, 0.1) is 0 Å². The van der Waals surface area contributed by atoms with E-state index in [1.807, 2.05) is 42.5 Å². The Hall–Kier alpha value is -3.40. The van der Waals surface area contributed by atoms with Gasteiger partial charge in [-0.2, -0.15) is 0 Å². The molecule has 0 aliphatic carbocycles. The Balaban J connectivity index is 2.34. The number of hydrogen-bond donors (Lipinski definition) is 0. The Kier molecular flexibility index (Phi) is 6.36. The van der Waals surface area contributed by atoms with Gasteiger partial charge in [0.1, 0.15) is 11.5 Å². The van der Waals surface area contributed by atoms with Gasteiger partial charge < -0.3 is 9.47 Å². The molecule has 0 saturated heterocycles. The first-order chi connectivity index (χ1) is 14.3. The number of esters is 2. The number of benzene rings is 3. The molecule has 0 N–H and O–H groups in total. The molecular formula is C26H26O4. The second kappa shape index (κ2) is 8.95. The fourth-order valence-electron chi connectivity index (χ4n) is 3.26. The second-order valence-corrected chi connectivity index (χ2v) is 7.53. The lowest BCUT2D eigenvalue weighted by atomic mass is 9.97. The number of carbonyl (C=O) groups excluding carboxylic acids is 2. The number of ether oxygens (including phenoxy) is 2. The van der Waals surface area contributed by atoms with Crippen molar-refractivity contribution >= 4 is 33.5 Å². The highest BCUT2D eigenvalue weighted by Crippen LogP contribution is 2.43. The highest BCUT2D eigenvalue weighted by molar-refractivity contribution is 6.13. The fraction of sp³-hybridized carbons (Fsp3) is 0.231. The van der Waals surface area contributed by atoms with Gasteiger partial charge in [-0.3, -0.25) is 0 Å². The number of hydrogen-bond acceptors (Lipinski definition) is 4. The molecule has 0 atom stereocenters. The molecular weight excluding hydrogens is 376 g/mol. The summed E-state index contributed by atoms with van der Waals surface area (Å²) < 4.78 is 11.5. The number of rotatable bonds is 7. The SMILES string of the molecule is C=C(C)C(=O)Oc1c2ccccc2c(OC(=O)C(=C)C)c2cc(CCCC)ccc12. The molecule has 0 heterocycles. The van der Waals surface area contributed by atoms with Crippen LogP contribution >= 0.6 is 0 Å². The zero-order valence-electron chi connectivity index (χ0n) is 17.7. The smallest absolute Gasteiger partial charge is 0.338 e. The largest absolute Gasteiger partial charge is 0.422 e. The molecule has 0 unspecified atom stereocenters. The normalized spacial score (nSPS) is 10.8. The topological polar surface area (TPSA) is 52.6 Å². The van der Waals surface area contributed by atoms with E-state index in [0.717, 1.165) is 30.2 Å². The second-order valence-electron chi connectivity index (χ2n) is 7.53. The number of carbonyl (C=O) groups is 2. The van der Waals surface area contributed by atoms with Crippen LogP contribution in [0.3, 0.4) is 0 Å². The first-order valence-corrected chi connectivity index (χ1v) is 10.1. The zero-order valence-corrected chi connectivity index (χ0v) is 17.7. The third-order valence-electron chi connectivity index (χ3n) is 4.89. The quantitative estimate of drug-likeness (QED) is 0.201. The summed E-state index contributed by atoms with van der Waals surface area (Å²) in [5, 5.41) is 2.80. The van der Waals surface area contributed by atoms with E-state index in [4.69, 9.17) is 9.47 Å². The Morgan fingerprint density at radius 2 is 1.30 bits per heavy atom. The van der Waals surface area contributed by atoms with E-state index in [0.29, 0.717) is 38.8 Å². The average Bonchev–Trinajstić information content (AvgIpc) is 2.73. The van der Waals surface area contributed by atoms with Crippen molar-refractivity contribution in [2.24, 2.45) is 0 Å². The Bertz CT molecular complexity index is 1170. The summed E-state index contributed by atoms with van der Waals surface area (Å²) in [7, 11) is 0. The van der Waals surface area contributed by atoms with Gasteiger partial charge in [0.25, 0.3) is 0 Å². The highest BCUT2D eigenvalue weighted by atomic mass is 16.5. The van der Waals surface area contributed by atoms with Crippen molar-refractivity contribution in [2.45, 2.75) is 40.0 Å². The molecule has 0 saturated carbocycles. The van der Waals surface area contributed by atoms with Crippen LogP contribution in [0.2, 0.25) is 0 Å². The predicted octanol–water partition coefficient (Wildman–Crippen LogP) is 6.30. The summed E-state index contributed by atoms with van der Waals surface area (Å²) in [6, 6.07) is 13.4. The summed E-state index contributed by atoms with van der Waals surface area (Å²) in [6.45, 7) is 12.7. The Labute approximate surface area is 176 Å². The lowest BCUT2D eigenvalue weighted by molar-refractivity contribution is -0.130. The molecule has 0 spiro atoms. The molecule has 30 heavy (non-hydrogen) atoms. The van der Waals surface area contributed by atoms with Crippen molar-refractivity contribution < 1.29 is 19.1 Å². The van der Waals surface area contributed by atoms with Crippen LogP contribution in [0, 0.1) is 0 Å². The summed E-state index contributed by atoms with van der Waals surface area (Å²) >= 11 is 0. The van der Waals surface area contributed by atoms with Crippen molar-refractivity contribution in [1.82, 2.24) is 0 Å². The monoisotopic (exact) mass is 402 g/mol. The van der Waals surface area contributed by atoms with E-state index in [2.05, 4.69) is 20.1 Å². The number of unbranched alkanes of at least 4 members (excludes halogenated alkanes) is 1. The summed E-state index contributed by atoms with van der Waals surface area (Å²) in [4.78, 5) is 24.7. The first-order valence-electron chi connectivity index (χ1n) is 10.1. The minimum absolute atomic E-state index is 0.310. The van der Waals surface area contributed by atoms with Gasteiger partial charge in [-0.15, -0.1) is 0 Å². The molecule has 3 rings (SSSR count). The number of fused-ring (bicyclic) bond motifs is 2. The minimum atomic E-state index is -0.497. The van der Waals surface area contributed by atoms with E-state index < -0.39 is 11.9 Å². The fourth-order valence-corrected chi connectivity index (χ4v) is 3.26. The Morgan fingerprint density at radius 3 is 1.80 bits per heavy atom. The van der Waals surface area contributed by atoms with E-state index >= 15 is 0 Å². The van der Waals surface area contributed by atoms with Crippen LogP contribution in [0.15, 0.2) is 66.8 Å². The van der Waals surface area contributed by atoms with Crippen LogP contribution < -0.4 is 9.47 Å². The first kappa shape index (κ1) is 21.3. The molecule has 0 amide bonds. The van der Waals surface area contributed by atoms with Crippen molar-refractivity contribution in [3.8, 4) is 11.5 Å². The molecule has 0 bridgehead atoms. The zero-order chi connectivity index (χ0) is 21.8. The molecule has 0 aliphatic heterocycles. The van der Waals surface area contributed by atoms with Crippen LogP contribution in [-0.4, -0.2) is 11.9 Å². The van der Waals surface area contributed by atoms with Crippen LogP contribution in [0.5, 0.6) is 11.5 Å². The molecule has 0 fully saturated rings. The van der Waals surface area contributed by atoms with Crippen molar-refractivity contribution in [3.05, 3.63) is 72.3 Å². The van der Waals surface area contributed by atoms with E-state index in [9.17, 15) is 9.59 Å². The lowest BCUT2D eigenvalue weighted by Gasteiger charge is -2.17. The minimum Gasteiger partial charge on any atom is -0.422 e. The van der Waals surface area contributed by atoms with Crippen molar-refractivity contribution in [1.29, 1.82) is 0 Å². The van der Waals surface area contributed by atoms with E-state index in [1.165, 1.54) is 0 Å². The molecule has 0 radical (unpaired) electrons. The van der Waals surface area contributed by atoms with Gasteiger partial charge in [0, 0.05) is 32.7 Å². The van der Waals surface area contributed by atoms with Crippen molar-refractivity contribution in [3.63, 3.8) is 0 Å². The van der Waals surface area contributed by atoms with Gasteiger partial charge in [-0.1, -0.05) is 62.9 Å². The molecule has 0 aliphatic rings. The third kappa shape index (κ3) is 4.28. The summed E-state index contributed by atoms with van der Waals surface area (Å²) in [5.74, 6) is -0.108. The van der Waals surface area contributed by atoms with Crippen LogP contribution in [-0.2, 0) is 16.0 Å². The third-order valence-corrected chi connectivity index (χ3v) is 4.89.